The highest BCUT2D eigenvalue weighted by Crippen LogP contribution is 2.42. The molecule has 0 saturated carbocycles. The lowest BCUT2D eigenvalue weighted by molar-refractivity contribution is -0.134. The van der Waals surface area contributed by atoms with Gasteiger partial charge in [-0.2, -0.15) is 0 Å². The molecular weight excluding hydrogens is 362 g/mol. The van der Waals surface area contributed by atoms with Crippen LogP contribution in [0.5, 0.6) is 0 Å². The number of amides is 4. The largest absolute Gasteiger partial charge is 0.325 e. The van der Waals surface area contributed by atoms with Gasteiger partial charge in [0.15, 0.2) is 0 Å². The Morgan fingerprint density at radius 3 is 3.00 bits per heavy atom. The van der Waals surface area contributed by atoms with Gasteiger partial charge in [0.1, 0.15) is 12.1 Å². The first-order valence-corrected chi connectivity index (χ1v) is 10.0. The van der Waals surface area contributed by atoms with E-state index in [2.05, 4.69) is 10.6 Å². The standard InChI is InChI=1S/C20H21N3O3S/c1-2-13-5-3-6-14(11-13)21-17(24)12-23-18(25)20(22-19(23)26)9-4-7-16-15(20)8-10-27-16/h3,5-6,8,10-11H,2,4,7,9,12H2,1H3,(H,21,24)(H,22,26)/t20-/m1/s1. The molecule has 27 heavy (non-hydrogen) atoms. The number of nitrogens with one attached hydrogen (secondary N) is 2. The molecule has 1 aromatic heterocycles. The van der Waals surface area contributed by atoms with Crippen molar-refractivity contribution in [2.24, 2.45) is 0 Å². The lowest BCUT2D eigenvalue weighted by Crippen LogP contribution is -2.46. The van der Waals surface area contributed by atoms with Crippen LogP contribution >= 0.6 is 11.3 Å². The van der Waals surface area contributed by atoms with Crippen molar-refractivity contribution in [3.8, 4) is 0 Å². The lowest BCUT2D eigenvalue weighted by atomic mass is 9.80. The van der Waals surface area contributed by atoms with Crippen LogP contribution in [0.3, 0.4) is 0 Å². The van der Waals surface area contributed by atoms with Gasteiger partial charge in [-0.1, -0.05) is 19.1 Å². The number of carbonyl (C=O) groups is 3. The number of fused-ring (bicyclic) bond motifs is 2. The molecule has 2 heterocycles. The van der Waals surface area contributed by atoms with E-state index in [0.717, 1.165) is 40.2 Å². The molecule has 4 amide bonds. The summed E-state index contributed by atoms with van der Waals surface area (Å²) in [5, 5.41) is 7.59. The monoisotopic (exact) mass is 383 g/mol. The fraction of sp³-hybridized carbons (Fsp3) is 0.350. The second-order valence-corrected chi connectivity index (χ2v) is 7.94. The number of imide groups is 1. The molecule has 0 bridgehead atoms. The van der Waals surface area contributed by atoms with Crippen molar-refractivity contribution in [2.45, 2.75) is 38.1 Å². The smallest absolute Gasteiger partial charge is 0.325 e. The molecule has 1 atom stereocenters. The Kier molecular flexibility index (Phi) is 4.47. The van der Waals surface area contributed by atoms with Crippen LogP contribution in [-0.2, 0) is 28.0 Å². The number of anilines is 1. The van der Waals surface area contributed by atoms with E-state index in [1.165, 1.54) is 0 Å². The van der Waals surface area contributed by atoms with Gasteiger partial charge in [0.2, 0.25) is 5.91 Å². The molecule has 0 unspecified atom stereocenters. The normalized spacial score (nSPS) is 21.3. The maximum absolute atomic E-state index is 13.1. The van der Waals surface area contributed by atoms with Crippen LogP contribution in [0.25, 0.3) is 0 Å². The Morgan fingerprint density at radius 2 is 2.19 bits per heavy atom. The van der Waals surface area contributed by atoms with Gasteiger partial charge in [0.25, 0.3) is 5.91 Å². The van der Waals surface area contributed by atoms with Gasteiger partial charge in [0.05, 0.1) is 0 Å². The van der Waals surface area contributed by atoms with Gasteiger partial charge >= 0.3 is 6.03 Å². The summed E-state index contributed by atoms with van der Waals surface area (Å²) >= 11 is 1.61. The van der Waals surface area contributed by atoms with E-state index in [-0.39, 0.29) is 18.4 Å². The zero-order chi connectivity index (χ0) is 19.0. The number of urea groups is 1. The van der Waals surface area contributed by atoms with Gasteiger partial charge in [-0.25, -0.2) is 4.79 Å². The first-order valence-electron chi connectivity index (χ1n) is 9.13. The number of benzene rings is 1. The molecule has 1 saturated heterocycles. The molecule has 1 fully saturated rings. The number of hydrogen-bond acceptors (Lipinski definition) is 4. The molecule has 2 aromatic rings. The molecule has 4 rings (SSSR count). The van der Waals surface area contributed by atoms with Crippen molar-refractivity contribution in [3.63, 3.8) is 0 Å². The molecule has 6 nitrogen and oxygen atoms in total. The van der Waals surface area contributed by atoms with E-state index in [0.29, 0.717) is 12.1 Å². The fourth-order valence-electron chi connectivity index (χ4n) is 3.90. The quantitative estimate of drug-likeness (QED) is 0.797. The van der Waals surface area contributed by atoms with Crippen molar-refractivity contribution in [1.29, 1.82) is 0 Å². The molecule has 1 aliphatic carbocycles. The summed E-state index contributed by atoms with van der Waals surface area (Å²) < 4.78 is 0. The summed E-state index contributed by atoms with van der Waals surface area (Å²) in [6, 6.07) is 8.96. The van der Waals surface area contributed by atoms with E-state index in [4.69, 9.17) is 0 Å². The number of nitrogens with zero attached hydrogens (tertiary/aromatic N) is 1. The summed E-state index contributed by atoms with van der Waals surface area (Å²) in [5.41, 5.74) is 1.65. The minimum absolute atomic E-state index is 0.289. The third kappa shape index (κ3) is 3.02. The molecule has 1 spiro atoms. The number of thiophene rings is 1. The fourth-order valence-corrected chi connectivity index (χ4v) is 4.90. The van der Waals surface area contributed by atoms with Gasteiger partial charge in [0, 0.05) is 16.1 Å². The number of aryl methyl sites for hydroxylation is 2. The summed E-state index contributed by atoms with van der Waals surface area (Å²) in [6.45, 7) is 1.75. The van der Waals surface area contributed by atoms with Crippen LogP contribution in [0.1, 0.15) is 35.8 Å². The molecule has 7 heteroatoms. The molecule has 2 N–H and O–H groups in total. The van der Waals surface area contributed by atoms with E-state index in [9.17, 15) is 14.4 Å². The Hall–Kier alpha value is -2.67. The van der Waals surface area contributed by atoms with Gasteiger partial charge in [-0.05, 0) is 54.8 Å². The van der Waals surface area contributed by atoms with Crippen LogP contribution in [-0.4, -0.2) is 29.3 Å². The topological polar surface area (TPSA) is 78.5 Å². The molecule has 140 valence electrons. The van der Waals surface area contributed by atoms with E-state index >= 15 is 0 Å². The van der Waals surface area contributed by atoms with Crippen LogP contribution in [0, 0.1) is 0 Å². The maximum Gasteiger partial charge on any atom is 0.325 e. The molecule has 1 aromatic carbocycles. The van der Waals surface area contributed by atoms with Crippen LogP contribution < -0.4 is 10.6 Å². The Balaban J connectivity index is 1.51. The van der Waals surface area contributed by atoms with E-state index in [1.54, 1.807) is 17.4 Å². The van der Waals surface area contributed by atoms with Crippen molar-refractivity contribution < 1.29 is 14.4 Å². The third-order valence-electron chi connectivity index (χ3n) is 5.26. The summed E-state index contributed by atoms with van der Waals surface area (Å²) in [6.07, 6.45) is 3.19. The van der Waals surface area contributed by atoms with Gasteiger partial charge in [-0.3, -0.25) is 14.5 Å². The number of hydrogen-bond donors (Lipinski definition) is 2. The zero-order valence-electron chi connectivity index (χ0n) is 15.1. The van der Waals surface area contributed by atoms with Crippen LogP contribution in [0.4, 0.5) is 10.5 Å². The molecule has 1 aliphatic heterocycles. The van der Waals surface area contributed by atoms with Crippen LogP contribution in [0.2, 0.25) is 0 Å². The minimum Gasteiger partial charge on any atom is -0.325 e. The number of carbonyl (C=O) groups excluding carboxylic acids is 3. The minimum atomic E-state index is -1.01. The molecule has 0 radical (unpaired) electrons. The van der Waals surface area contributed by atoms with E-state index < -0.39 is 11.6 Å². The second-order valence-electron chi connectivity index (χ2n) is 6.94. The lowest BCUT2D eigenvalue weighted by Gasteiger charge is -2.31. The Bertz CT molecular complexity index is 923. The highest BCUT2D eigenvalue weighted by atomic mass is 32.1. The Morgan fingerprint density at radius 1 is 1.33 bits per heavy atom. The first kappa shape index (κ1) is 17.7. The van der Waals surface area contributed by atoms with Crippen LogP contribution in [0.15, 0.2) is 35.7 Å². The van der Waals surface area contributed by atoms with Crippen molar-refractivity contribution in [3.05, 3.63) is 51.7 Å². The first-order chi connectivity index (χ1) is 13.0. The van der Waals surface area contributed by atoms with Crippen molar-refractivity contribution >= 4 is 34.9 Å². The number of rotatable bonds is 4. The highest BCUT2D eigenvalue weighted by Gasteiger charge is 2.54. The van der Waals surface area contributed by atoms with Crippen molar-refractivity contribution in [1.82, 2.24) is 10.2 Å². The van der Waals surface area contributed by atoms with Gasteiger partial charge in [-0.15, -0.1) is 11.3 Å². The summed E-state index contributed by atoms with van der Waals surface area (Å²) in [5.74, 6) is -0.713. The zero-order valence-corrected chi connectivity index (χ0v) is 15.9. The predicted molar refractivity (Wildman–Crippen MR) is 104 cm³/mol. The Labute approximate surface area is 161 Å². The average Bonchev–Trinajstić information content (AvgIpc) is 3.23. The molecular formula is C20H21N3O3S. The van der Waals surface area contributed by atoms with Gasteiger partial charge < -0.3 is 10.6 Å². The third-order valence-corrected chi connectivity index (χ3v) is 6.24. The van der Waals surface area contributed by atoms with Crippen molar-refractivity contribution in [2.75, 3.05) is 11.9 Å². The highest BCUT2D eigenvalue weighted by molar-refractivity contribution is 7.10. The maximum atomic E-state index is 13.1. The second kappa shape index (κ2) is 6.81. The predicted octanol–water partition coefficient (Wildman–Crippen LogP) is 3.03. The summed E-state index contributed by atoms with van der Waals surface area (Å²) in [7, 11) is 0. The summed E-state index contributed by atoms with van der Waals surface area (Å²) in [4.78, 5) is 40.2. The SMILES string of the molecule is CCc1cccc(NC(=O)CN2C(=O)N[C@@]3(CCCc4sccc43)C2=O)c1. The van der Waals surface area contributed by atoms with E-state index in [1.807, 2.05) is 36.6 Å². The molecule has 2 aliphatic rings. The average molecular weight is 383 g/mol.